The lowest BCUT2D eigenvalue weighted by Crippen LogP contribution is -2.20. The smallest absolute Gasteiger partial charge is 0.417 e. The zero-order valence-electron chi connectivity index (χ0n) is 20.4. The maximum Gasteiger partial charge on any atom is 0.417 e. The van der Waals surface area contributed by atoms with Crippen LogP contribution in [0.1, 0.15) is 40.6 Å². The third-order valence-corrected chi connectivity index (χ3v) is 7.22. The van der Waals surface area contributed by atoms with Crippen LogP contribution in [0.3, 0.4) is 0 Å². The normalized spacial score (nSPS) is 12.4. The Morgan fingerprint density at radius 1 is 1.08 bits per heavy atom. The summed E-state index contributed by atoms with van der Waals surface area (Å²) in [6.07, 6.45) is -4.67. The number of hydrogen-bond acceptors (Lipinski definition) is 5. The van der Waals surface area contributed by atoms with Crippen molar-refractivity contribution in [3.05, 3.63) is 88.4 Å². The average Bonchev–Trinajstić information content (AvgIpc) is 3.24. The Bertz CT molecular complexity index is 1480. The van der Waals surface area contributed by atoms with E-state index in [1.807, 2.05) is 11.5 Å². The van der Waals surface area contributed by atoms with Crippen LogP contribution in [0.15, 0.2) is 71.9 Å². The van der Waals surface area contributed by atoms with Crippen molar-refractivity contribution in [3.63, 3.8) is 0 Å². The number of nitrogens with zero attached hydrogens (tertiary/aromatic N) is 2. The molecule has 1 atom stereocenters. The van der Waals surface area contributed by atoms with E-state index in [9.17, 15) is 22.8 Å². The van der Waals surface area contributed by atoms with Gasteiger partial charge in [-0.1, -0.05) is 53.7 Å². The molecule has 6 nitrogen and oxygen atoms in total. The number of carbonyl (C=O) groups is 2. The Kier molecular flexibility index (Phi) is 8.32. The fourth-order valence-corrected chi connectivity index (χ4v) is 5.28. The second kappa shape index (κ2) is 11.5. The first-order chi connectivity index (χ1) is 18.1. The van der Waals surface area contributed by atoms with Crippen LogP contribution in [0.4, 0.5) is 18.9 Å². The number of carbonyl (C=O) groups excluding carboxylic acids is 2. The summed E-state index contributed by atoms with van der Waals surface area (Å²) in [5, 5.41) is 1.81. The molecule has 3 aromatic carbocycles. The standard InChI is InChI=1S/C27H23ClF3N3O3S/c1-3-34-22-13-10-17(25(36)37-4-2)14-21(22)33-26(34)38-23(16-8-6-5-7-9-16)24(35)32-18-11-12-20(28)19(15-18)27(29,30)31/h5-15,23H,3-4H2,1-2H3,(H,32,35). The van der Waals surface area contributed by atoms with Crippen LogP contribution in [0.25, 0.3) is 11.0 Å². The van der Waals surface area contributed by atoms with Crippen LogP contribution >= 0.6 is 23.4 Å². The number of ether oxygens (including phenoxy) is 1. The summed E-state index contributed by atoms with van der Waals surface area (Å²) in [4.78, 5) is 30.3. The minimum absolute atomic E-state index is 0.0312. The molecule has 0 aliphatic heterocycles. The summed E-state index contributed by atoms with van der Waals surface area (Å²) in [5.41, 5.74) is 1.25. The number of thioether (sulfide) groups is 1. The molecule has 1 unspecified atom stereocenters. The molecule has 11 heteroatoms. The number of aryl methyl sites for hydroxylation is 1. The van der Waals surface area contributed by atoms with Gasteiger partial charge in [-0.15, -0.1) is 0 Å². The summed E-state index contributed by atoms with van der Waals surface area (Å²) >= 11 is 6.89. The lowest BCUT2D eigenvalue weighted by Gasteiger charge is -2.18. The first-order valence-electron chi connectivity index (χ1n) is 11.7. The van der Waals surface area contributed by atoms with Gasteiger partial charge in [0.2, 0.25) is 5.91 Å². The van der Waals surface area contributed by atoms with Gasteiger partial charge in [0.15, 0.2) is 5.16 Å². The van der Waals surface area contributed by atoms with E-state index >= 15 is 0 Å². The van der Waals surface area contributed by atoms with Crippen molar-refractivity contribution in [1.82, 2.24) is 9.55 Å². The fraction of sp³-hybridized carbons (Fsp3) is 0.222. The summed E-state index contributed by atoms with van der Waals surface area (Å²) < 4.78 is 47.0. The maximum absolute atomic E-state index is 13.4. The maximum atomic E-state index is 13.4. The second-order valence-electron chi connectivity index (χ2n) is 8.15. The van der Waals surface area contributed by atoms with Crippen LogP contribution in [0.2, 0.25) is 5.02 Å². The topological polar surface area (TPSA) is 73.2 Å². The number of benzene rings is 3. The molecule has 0 radical (unpaired) electrons. The molecule has 0 aliphatic rings. The van der Waals surface area contributed by atoms with E-state index < -0.39 is 33.9 Å². The molecule has 0 bridgehead atoms. The molecular weight excluding hydrogens is 539 g/mol. The predicted molar refractivity (Wildman–Crippen MR) is 141 cm³/mol. The Hall–Kier alpha value is -3.50. The molecule has 38 heavy (non-hydrogen) atoms. The quantitative estimate of drug-likeness (QED) is 0.179. The molecule has 0 saturated heterocycles. The summed E-state index contributed by atoms with van der Waals surface area (Å²) in [7, 11) is 0. The molecule has 0 fully saturated rings. The van der Waals surface area contributed by atoms with Gasteiger partial charge in [-0.3, -0.25) is 4.79 Å². The molecule has 4 aromatic rings. The summed E-state index contributed by atoms with van der Waals surface area (Å²) in [6, 6.07) is 17.2. The van der Waals surface area contributed by atoms with Crippen molar-refractivity contribution < 1.29 is 27.5 Å². The van der Waals surface area contributed by atoms with Crippen LogP contribution in [0, 0.1) is 0 Å². The number of aromatic nitrogens is 2. The molecule has 1 N–H and O–H groups in total. The van der Waals surface area contributed by atoms with Gasteiger partial charge >= 0.3 is 12.1 Å². The molecule has 0 aliphatic carbocycles. The van der Waals surface area contributed by atoms with E-state index in [1.165, 1.54) is 6.07 Å². The number of imidazole rings is 1. The lowest BCUT2D eigenvalue weighted by atomic mass is 10.1. The summed E-state index contributed by atoms with van der Waals surface area (Å²) in [5.74, 6) is -0.990. The highest BCUT2D eigenvalue weighted by Gasteiger charge is 2.34. The van der Waals surface area contributed by atoms with Gasteiger partial charge in [-0.2, -0.15) is 13.2 Å². The second-order valence-corrected chi connectivity index (χ2v) is 9.63. The molecule has 1 heterocycles. The Morgan fingerprint density at radius 2 is 1.82 bits per heavy atom. The van der Waals surface area contributed by atoms with Crippen molar-refractivity contribution >= 4 is 52.0 Å². The van der Waals surface area contributed by atoms with E-state index in [1.54, 1.807) is 55.5 Å². The fourth-order valence-electron chi connectivity index (χ4n) is 3.88. The highest BCUT2D eigenvalue weighted by atomic mass is 35.5. The van der Waals surface area contributed by atoms with Gasteiger partial charge in [-0.05, 0) is 55.8 Å². The minimum Gasteiger partial charge on any atom is -0.462 e. The van der Waals surface area contributed by atoms with Gasteiger partial charge < -0.3 is 14.6 Å². The van der Waals surface area contributed by atoms with E-state index in [4.69, 9.17) is 16.3 Å². The number of rotatable bonds is 8. The van der Waals surface area contributed by atoms with Gasteiger partial charge in [0.1, 0.15) is 5.25 Å². The number of halogens is 4. The lowest BCUT2D eigenvalue weighted by molar-refractivity contribution is -0.137. The number of nitrogens with one attached hydrogen (secondary N) is 1. The molecule has 1 aromatic heterocycles. The molecule has 0 spiro atoms. The third-order valence-electron chi connectivity index (χ3n) is 5.64. The largest absolute Gasteiger partial charge is 0.462 e. The van der Waals surface area contributed by atoms with E-state index in [0.29, 0.717) is 28.3 Å². The van der Waals surface area contributed by atoms with Crippen molar-refractivity contribution in [3.8, 4) is 0 Å². The molecule has 4 rings (SSSR count). The van der Waals surface area contributed by atoms with Crippen molar-refractivity contribution in [2.75, 3.05) is 11.9 Å². The predicted octanol–water partition coefficient (Wildman–Crippen LogP) is 7.38. The van der Waals surface area contributed by atoms with E-state index in [0.717, 1.165) is 29.4 Å². The number of anilines is 1. The SMILES string of the molecule is CCOC(=O)c1ccc2c(c1)nc(SC(C(=O)Nc1ccc(Cl)c(C(F)(F)F)c1)c1ccccc1)n2CC. The van der Waals surface area contributed by atoms with Gasteiger partial charge in [0, 0.05) is 12.2 Å². The molecule has 0 saturated carbocycles. The number of alkyl halides is 3. The van der Waals surface area contributed by atoms with Gasteiger partial charge in [0.05, 0.1) is 33.8 Å². The van der Waals surface area contributed by atoms with Crippen LogP contribution in [-0.2, 0) is 22.3 Å². The van der Waals surface area contributed by atoms with E-state index in [-0.39, 0.29) is 12.3 Å². The number of fused-ring (bicyclic) bond motifs is 1. The highest BCUT2D eigenvalue weighted by Crippen LogP contribution is 2.39. The first kappa shape index (κ1) is 27.5. The Morgan fingerprint density at radius 3 is 2.47 bits per heavy atom. The average molecular weight is 562 g/mol. The Balaban J connectivity index is 1.69. The molecule has 1 amide bonds. The van der Waals surface area contributed by atoms with E-state index in [2.05, 4.69) is 10.3 Å². The summed E-state index contributed by atoms with van der Waals surface area (Å²) in [6.45, 7) is 4.42. The molecule has 198 valence electrons. The van der Waals surface area contributed by atoms with Crippen LogP contribution in [-0.4, -0.2) is 28.0 Å². The monoisotopic (exact) mass is 561 g/mol. The van der Waals surface area contributed by atoms with Gasteiger partial charge in [0.25, 0.3) is 0 Å². The van der Waals surface area contributed by atoms with Gasteiger partial charge in [-0.25, -0.2) is 9.78 Å². The number of hydrogen-bond donors (Lipinski definition) is 1. The van der Waals surface area contributed by atoms with Crippen molar-refractivity contribution in [1.29, 1.82) is 0 Å². The van der Waals surface area contributed by atoms with Crippen molar-refractivity contribution in [2.24, 2.45) is 0 Å². The zero-order chi connectivity index (χ0) is 27.4. The highest BCUT2D eigenvalue weighted by molar-refractivity contribution is 8.00. The van der Waals surface area contributed by atoms with Crippen LogP contribution < -0.4 is 5.32 Å². The number of amides is 1. The Labute approximate surface area is 226 Å². The molecular formula is C27H23ClF3N3O3S. The third kappa shape index (κ3) is 5.97. The first-order valence-corrected chi connectivity index (χ1v) is 12.9. The van der Waals surface area contributed by atoms with Crippen molar-refractivity contribution in [2.45, 2.75) is 37.0 Å². The van der Waals surface area contributed by atoms with Crippen LogP contribution in [0.5, 0.6) is 0 Å². The number of esters is 1. The zero-order valence-corrected chi connectivity index (χ0v) is 22.0. The minimum atomic E-state index is -4.67.